The smallest absolute Gasteiger partial charge is 0.321 e. The molecule has 0 fully saturated rings. The summed E-state index contributed by atoms with van der Waals surface area (Å²) in [4.78, 5) is 20.5. The number of hydrogen-bond donors (Lipinski definition) is 2. The maximum atomic E-state index is 12.5. The van der Waals surface area contributed by atoms with Crippen LogP contribution in [0.15, 0.2) is 71.6 Å². The second-order valence-corrected chi connectivity index (χ2v) is 7.66. The van der Waals surface area contributed by atoms with E-state index < -0.39 is 10.0 Å². The van der Waals surface area contributed by atoms with Crippen molar-refractivity contribution in [3.8, 4) is 5.75 Å². The fraction of sp³-hybridized carbons (Fsp3) is 0.105. The molecule has 140 valence electrons. The van der Waals surface area contributed by atoms with Crippen molar-refractivity contribution >= 4 is 32.5 Å². The number of amides is 2. The van der Waals surface area contributed by atoms with Gasteiger partial charge in [-0.05, 0) is 40.6 Å². The maximum Gasteiger partial charge on any atom is 0.321 e. The van der Waals surface area contributed by atoms with Gasteiger partial charge < -0.3 is 15.1 Å². The molecule has 27 heavy (non-hydrogen) atoms. The minimum absolute atomic E-state index is 0.0191. The molecule has 0 aliphatic heterocycles. The number of nitrogens with one attached hydrogen (secondary N) is 2. The normalized spacial score (nSPS) is 11.2. The summed E-state index contributed by atoms with van der Waals surface area (Å²) in [5, 5.41) is 4.37. The average Bonchev–Trinajstić information content (AvgIpc) is 2.66. The van der Waals surface area contributed by atoms with Gasteiger partial charge in [0.15, 0.2) is 5.75 Å². The van der Waals surface area contributed by atoms with E-state index in [1.165, 1.54) is 29.2 Å². The van der Waals surface area contributed by atoms with E-state index in [1.807, 2.05) is 30.3 Å². The van der Waals surface area contributed by atoms with Gasteiger partial charge in [-0.3, -0.25) is 0 Å². The minimum Gasteiger partial charge on any atom is -0.393 e. The van der Waals surface area contributed by atoms with Crippen LogP contribution in [0.2, 0.25) is 0 Å². The Balaban J connectivity index is 1.74. The Labute approximate surface area is 157 Å². The lowest BCUT2D eigenvalue weighted by Gasteiger charge is -2.13. The SMILES string of the molecule is CN(C)C(=O)Nc1ccc(S(=O)(=O)NOc2cccc3ccccc23)cc1. The van der Waals surface area contributed by atoms with Crippen LogP contribution in [-0.2, 0) is 10.0 Å². The number of fused-ring (bicyclic) bond motifs is 1. The molecule has 3 aromatic carbocycles. The molecule has 3 rings (SSSR count). The first kappa shape index (κ1) is 18.7. The van der Waals surface area contributed by atoms with Gasteiger partial charge in [-0.2, -0.15) is 0 Å². The first-order chi connectivity index (χ1) is 12.9. The van der Waals surface area contributed by atoms with Gasteiger partial charge in [0.2, 0.25) is 0 Å². The van der Waals surface area contributed by atoms with Crippen molar-refractivity contribution in [3.63, 3.8) is 0 Å². The van der Waals surface area contributed by atoms with Gasteiger partial charge in [-0.15, -0.1) is 0 Å². The van der Waals surface area contributed by atoms with Crippen LogP contribution < -0.4 is 15.0 Å². The van der Waals surface area contributed by atoms with Crippen molar-refractivity contribution in [3.05, 3.63) is 66.7 Å². The molecule has 8 heteroatoms. The molecule has 7 nitrogen and oxygen atoms in total. The summed E-state index contributed by atoms with van der Waals surface area (Å²) in [5.41, 5.74) is 0.489. The van der Waals surface area contributed by atoms with E-state index in [0.717, 1.165) is 10.8 Å². The van der Waals surface area contributed by atoms with Gasteiger partial charge in [0.05, 0.1) is 4.90 Å². The predicted molar refractivity (Wildman–Crippen MR) is 104 cm³/mol. The highest BCUT2D eigenvalue weighted by Crippen LogP contribution is 2.25. The number of carbonyl (C=O) groups excluding carboxylic acids is 1. The highest BCUT2D eigenvalue weighted by Gasteiger charge is 2.16. The maximum absolute atomic E-state index is 12.5. The molecule has 0 aliphatic rings. The topological polar surface area (TPSA) is 87.7 Å². The highest BCUT2D eigenvalue weighted by atomic mass is 32.2. The molecule has 3 aromatic rings. The molecular formula is C19H19N3O4S. The highest BCUT2D eigenvalue weighted by molar-refractivity contribution is 7.89. The lowest BCUT2D eigenvalue weighted by molar-refractivity contribution is 0.230. The van der Waals surface area contributed by atoms with E-state index in [2.05, 4.69) is 10.2 Å². The molecular weight excluding hydrogens is 366 g/mol. The lowest BCUT2D eigenvalue weighted by atomic mass is 10.1. The van der Waals surface area contributed by atoms with Gasteiger partial charge in [0.1, 0.15) is 0 Å². The van der Waals surface area contributed by atoms with E-state index in [0.29, 0.717) is 11.4 Å². The number of sulfonamides is 1. The molecule has 0 saturated carbocycles. The van der Waals surface area contributed by atoms with Crippen LogP contribution in [-0.4, -0.2) is 33.4 Å². The van der Waals surface area contributed by atoms with Crippen molar-refractivity contribution in [1.29, 1.82) is 0 Å². The fourth-order valence-electron chi connectivity index (χ4n) is 2.39. The van der Waals surface area contributed by atoms with E-state index >= 15 is 0 Å². The van der Waals surface area contributed by atoms with E-state index in [9.17, 15) is 13.2 Å². The molecule has 0 radical (unpaired) electrons. The van der Waals surface area contributed by atoms with Gasteiger partial charge in [0.25, 0.3) is 10.0 Å². The molecule has 0 spiro atoms. The fourth-order valence-corrected chi connectivity index (χ4v) is 3.18. The van der Waals surface area contributed by atoms with Crippen molar-refractivity contribution in [2.45, 2.75) is 4.90 Å². The second-order valence-electron chi connectivity index (χ2n) is 6.02. The third kappa shape index (κ3) is 4.36. The molecule has 0 aromatic heterocycles. The number of rotatable bonds is 5. The van der Waals surface area contributed by atoms with Gasteiger partial charge in [-0.25, -0.2) is 13.2 Å². The molecule has 2 amide bonds. The van der Waals surface area contributed by atoms with Crippen molar-refractivity contribution < 1.29 is 18.0 Å². The number of nitrogens with zero attached hydrogens (tertiary/aromatic N) is 1. The summed E-state index contributed by atoms with van der Waals surface area (Å²) in [7, 11) is -0.656. The van der Waals surface area contributed by atoms with Crippen LogP contribution in [0, 0.1) is 0 Å². The molecule has 0 heterocycles. The lowest BCUT2D eigenvalue weighted by Crippen LogP contribution is -2.28. The van der Waals surface area contributed by atoms with Gasteiger partial charge >= 0.3 is 6.03 Å². The Kier molecular flexibility index (Phi) is 5.29. The molecule has 0 unspecified atom stereocenters. The number of carbonyl (C=O) groups is 1. The van der Waals surface area contributed by atoms with Crippen LogP contribution in [0.3, 0.4) is 0 Å². The Bertz CT molecular complexity index is 1060. The Morgan fingerprint density at radius 3 is 2.30 bits per heavy atom. The summed E-state index contributed by atoms with van der Waals surface area (Å²) in [6.07, 6.45) is 0. The van der Waals surface area contributed by atoms with E-state index in [4.69, 9.17) is 4.84 Å². The standard InChI is InChI=1S/C19H19N3O4S/c1-22(2)19(23)20-15-10-12-16(13-11-15)27(24,25)21-26-18-9-5-7-14-6-3-4-8-17(14)18/h3-13,21H,1-2H3,(H,20,23). The zero-order valence-corrected chi connectivity index (χ0v) is 15.7. The average molecular weight is 385 g/mol. The molecule has 2 N–H and O–H groups in total. The summed E-state index contributed by atoms with van der Waals surface area (Å²) in [5.74, 6) is 0.409. The number of urea groups is 1. The first-order valence-corrected chi connectivity index (χ1v) is 9.60. The number of anilines is 1. The summed E-state index contributed by atoms with van der Waals surface area (Å²) >= 11 is 0. The third-order valence-electron chi connectivity index (χ3n) is 3.83. The van der Waals surface area contributed by atoms with Crippen molar-refractivity contribution in [2.75, 3.05) is 19.4 Å². The summed E-state index contributed by atoms with van der Waals surface area (Å²) in [6, 6.07) is 18.4. The first-order valence-electron chi connectivity index (χ1n) is 8.11. The quantitative estimate of drug-likeness (QED) is 0.660. The number of hydrogen-bond acceptors (Lipinski definition) is 4. The molecule has 0 saturated heterocycles. The van der Waals surface area contributed by atoms with E-state index in [1.54, 1.807) is 26.2 Å². The molecule has 0 aliphatic carbocycles. The Morgan fingerprint density at radius 1 is 0.926 bits per heavy atom. The van der Waals surface area contributed by atoms with Crippen LogP contribution >= 0.6 is 0 Å². The third-order valence-corrected chi connectivity index (χ3v) is 5.03. The van der Waals surface area contributed by atoms with E-state index in [-0.39, 0.29) is 10.9 Å². The van der Waals surface area contributed by atoms with Gasteiger partial charge in [-0.1, -0.05) is 36.4 Å². The van der Waals surface area contributed by atoms with Crippen LogP contribution in [0.25, 0.3) is 10.8 Å². The zero-order chi connectivity index (χ0) is 19.4. The van der Waals surface area contributed by atoms with Gasteiger partial charge in [0, 0.05) is 25.2 Å². The summed E-state index contributed by atoms with van der Waals surface area (Å²) in [6.45, 7) is 0. The Hall–Kier alpha value is -3.10. The van der Waals surface area contributed by atoms with Crippen LogP contribution in [0.1, 0.15) is 0 Å². The largest absolute Gasteiger partial charge is 0.393 e. The molecule has 0 atom stereocenters. The second kappa shape index (κ2) is 7.65. The molecule has 0 bridgehead atoms. The monoisotopic (exact) mass is 385 g/mol. The van der Waals surface area contributed by atoms with Crippen molar-refractivity contribution in [1.82, 2.24) is 9.79 Å². The van der Waals surface area contributed by atoms with Crippen LogP contribution in [0.4, 0.5) is 10.5 Å². The zero-order valence-electron chi connectivity index (χ0n) is 14.8. The van der Waals surface area contributed by atoms with Crippen LogP contribution in [0.5, 0.6) is 5.75 Å². The number of benzene rings is 3. The summed E-state index contributed by atoms with van der Waals surface area (Å²) < 4.78 is 24.9. The Morgan fingerprint density at radius 2 is 1.59 bits per heavy atom. The predicted octanol–water partition coefficient (Wildman–Crippen LogP) is 3.21. The minimum atomic E-state index is -3.88. The van der Waals surface area contributed by atoms with Crippen molar-refractivity contribution in [2.24, 2.45) is 0 Å².